The predicted octanol–water partition coefficient (Wildman–Crippen LogP) is 2.18. The molecule has 1 saturated heterocycles. The molecule has 3 rings (SSSR count). The van der Waals surface area contributed by atoms with Gasteiger partial charge in [0.25, 0.3) is 5.56 Å². The summed E-state index contributed by atoms with van der Waals surface area (Å²) in [7, 11) is 0. The van der Waals surface area contributed by atoms with Crippen LogP contribution in [0.2, 0.25) is 5.02 Å². The minimum atomic E-state index is -0.0925. The summed E-state index contributed by atoms with van der Waals surface area (Å²) >= 11 is 6.18. The second-order valence-electron chi connectivity index (χ2n) is 5.59. The van der Waals surface area contributed by atoms with E-state index in [1.54, 1.807) is 18.2 Å². The first-order chi connectivity index (χ1) is 10.2. The van der Waals surface area contributed by atoms with Crippen molar-refractivity contribution in [2.45, 2.75) is 25.3 Å². The van der Waals surface area contributed by atoms with Gasteiger partial charge in [-0.15, -0.1) is 0 Å². The molecule has 0 saturated carbocycles. The summed E-state index contributed by atoms with van der Waals surface area (Å²) in [5.41, 5.74) is 0.800. The number of aromatic nitrogens is 1. The van der Waals surface area contributed by atoms with Crippen molar-refractivity contribution in [1.29, 1.82) is 0 Å². The minimum Gasteiger partial charge on any atom is -0.395 e. The molecule has 1 atom stereocenters. The van der Waals surface area contributed by atoms with E-state index in [1.807, 2.05) is 6.07 Å². The molecule has 2 N–H and O–H groups in total. The van der Waals surface area contributed by atoms with E-state index in [2.05, 4.69) is 9.88 Å². The number of rotatable bonds is 4. The molecule has 0 spiro atoms. The lowest BCUT2D eigenvalue weighted by Gasteiger charge is -2.22. The second kappa shape index (κ2) is 6.18. The smallest absolute Gasteiger partial charge is 0.256 e. The zero-order valence-corrected chi connectivity index (χ0v) is 12.6. The average molecular weight is 307 g/mol. The van der Waals surface area contributed by atoms with Gasteiger partial charge in [-0.1, -0.05) is 17.7 Å². The van der Waals surface area contributed by atoms with Gasteiger partial charge < -0.3 is 10.1 Å². The number of likely N-dealkylation sites (tertiary alicyclic amines) is 1. The third-order valence-corrected chi connectivity index (χ3v) is 4.60. The maximum Gasteiger partial charge on any atom is 0.256 e. The first-order valence-electron chi connectivity index (χ1n) is 7.34. The number of aromatic amines is 1. The van der Waals surface area contributed by atoms with Gasteiger partial charge in [0.05, 0.1) is 6.61 Å². The van der Waals surface area contributed by atoms with Crippen LogP contribution in [-0.4, -0.2) is 40.7 Å². The number of benzene rings is 1. The summed E-state index contributed by atoms with van der Waals surface area (Å²) in [6.45, 7) is 2.07. The monoisotopic (exact) mass is 306 g/mol. The Hall–Kier alpha value is -1.36. The Bertz CT molecular complexity index is 698. The summed E-state index contributed by atoms with van der Waals surface area (Å²) in [5.74, 6) is 0. The number of pyridine rings is 1. The Morgan fingerprint density at radius 1 is 1.38 bits per heavy atom. The van der Waals surface area contributed by atoms with Crippen molar-refractivity contribution in [3.8, 4) is 0 Å². The van der Waals surface area contributed by atoms with Crippen LogP contribution >= 0.6 is 11.6 Å². The lowest BCUT2D eigenvalue weighted by atomic mass is 10.1. The van der Waals surface area contributed by atoms with Crippen molar-refractivity contribution in [3.63, 3.8) is 0 Å². The number of fused-ring (bicyclic) bond motifs is 1. The van der Waals surface area contributed by atoms with Crippen LogP contribution in [0, 0.1) is 0 Å². The molecule has 1 aromatic heterocycles. The standard InChI is InChI=1S/C16H19ClN2O2/c17-15-5-1-4-13-14(15)9-11(18-16(13)21)6-8-19-7-2-3-12(19)10-20/h1,4-5,9,12,20H,2-3,6-8,10H2,(H,18,21). The Morgan fingerprint density at radius 3 is 3.05 bits per heavy atom. The number of hydrogen-bond acceptors (Lipinski definition) is 3. The summed E-state index contributed by atoms with van der Waals surface area (Å²) < 4.78 is 0. The highest BCUT2D eigenvalue weighted by Crippen LogP contribution is 2.22. The zero-order chi connectivity index (χ0) is 14.8. The molecule has 4 nitrogen and oxygen atoms in total. The van der Waals surface area contributed by atoms with Gasteiger partial charge in [-0.2, -0.15) is 0 Å². The van der Waals surface area contributed by atoms with E-state index >= 15 is 0 Å². The molecule has 5 heteroatoms. The fourth-order valence-electron chi connectivity index (χ4n) is 3.10. The average Bonchev–Trinajstić information content (AvgIpc) is 2.94. The number of nitrogens with one attached hydrogen (secondary N) is 1. The largest absolute Gasteiger partial charge is 0.395 e. The Balaban J connectivity index is 1.81. The van der Waals surface area contributed by atoms with Crippen molar-refractivity contribution >= 4 is 22.4 Å². The first kappa shape index (κ1) is 14.6. The third kappa shape index (κ3) is 2.98. The van der Waals surface area contributed by atoms with Crippen molar-refractivity contribution in [3.05, 3.63) is 45.3 Å². The van der Waals surface area contributed by atoms with Crippen LogP contribution < -0.4 is 5.56 Å². The summed E-state index contributed by atoms with van der Waals surface area (Å²) in [5, 5.41) is 11.4. The van der Waals surface area contributed by atoms with Crippen LogP contribution in [0.4, 0.5) is 0 Å². The second-order valence-corrected chi connectivity index (χ2v) is 6.00. The van der Waals surface area contributed by atoms with Gasteiger partial charge >= 0.3 is 0 Å². The molecule has 21 heavy (non-hydrogen) atoms. The molecule has 1 unspecified atom stereocenters. The normalized spacial score (nSPS) is 19.4. The highest BCUT2D eigenvalue weighted by molar-refractivity contribution is 6.35. The fourth-order valence-corrected chi connectivity index (χ4v) is 3.33. The molecule has 1 fully saturated rings. The Labute approximate surface area is 128 Å². The number of aliphatic hydroxyl groups is 1. The van der Waals surface area contributed by atoms with E-state index in [0.717, 1.165) is 43.4 Å². The third-order valence-electron chi connectivity index (χ3n) is 4.27. The highest BCUT2D eigenvalue weighted by atomic mass is 35.5. The quantitative estimate of drug-likeness (QED) is 0.910. The van der Waals surface area contributed by atoms with Crippen molar-refractivity contribution < 1.29 is 5.11 Å². The van der Waals surface area contributed by atoms with Crippen LogP contribution in [-0.2, 0) is 6.42 Å². The molecule has 2 heterocycles. The van der Waals surface area contributed by atoms with E-state index in [0.29, 0.717) is 10.4 Å². The van der Waals surface area contributed by atoms with E-state index in [-0.39, 0.29) is 18.2 Å². The van der Waals surface area contributed by atoms with Crippen LogP contribution in [0.15, 0.2) is 29.1 Å². The van der Waals surface area contributed by atoms with Gasteiger partial charge in [-0.25, -0.2) is 0 Å². The summed E-state index contributed by atoms with van der Waals surface area (Å²) in [4.78, 5) is 17.3. The highest BCUT2D eigenvalue weighted by Gasteiger charge is 2.23. The topological polar surface area (TPSA) is 56.3 Å². The Kier molecular flexibility index (Phi) is 4.29. The lowest BCUT2D eigenvalue weighted by molar-refractivity contribution is 0.160. The molecule has 0 aliphatic carbocycles. The zero-order valence-electron chi connectivity index (χ0n) is 11.8. The van der Waals surface area contributed by atoms with Crippen molar-refractivity contribution in [1.82, 2.24) is 9.88 Å². The van der Waals surface area contributed by atoms with E-state index in [1.165, 1.54) is 0 Å². The molecule has 0 radical (unpaired) electrons. The summed E-state index contributed by atoms with van der Waals surface area (Å²) in [6.07, 6.45) is 2.94. The van der Waals surface area contributed by atoms with Crippen LogP contribution in [0.25, 0.3) is 10.8 Å². The van der Waals surface area contributed by atoms with Gasteiger partial charge in [0.15, 0.2) is 0 Å². The van der Waals surface area contributed by atoms with E-state index < -0.39 is 0 Å². The maximum absolute atomic E-state index is 12.1. The molecular formula is C16H19ClN2O2. The molecule has 2 aromatic rings. The van der Waals surface area contributed by atoms with E-state index in [4.69, 9.17) is 11.6 Å². The Morgan fingerprint density at radius 2 is 2.24 bits per heavy atom. The molecule has 1 aromatic carbocycles. The molecule has 0 amide bonds. The number of hydrogen-bond donors (Lipinski definition) is 2. The molecule has 1 aliphatic heterocycles. The van der Waals surface area contributed by atoms with Gasteiger partial charge in [-0.05, 0) is 37.6 Å². The van der Waals surface area contributed by atoms with Gasteiger partial charge in [-0.3, -0.25) is 9.69 Å². The van der Waals surface area contributed by atoms with Crippen LogP contribution in [0.1, 0.15) is 18.5 Å². The molecule has 1 aliphatic rings. The van der Waals surface area contributed by atoms with Gasteiger partial charge in [0.2, 0.25) is 0 Å². The lowest BCUT2D eigenvalue weighted by Crippen LogP contribution is -2.34. The van der Waals surface area contributed by atoms with Gasteiger partial charge in [0, 0.05) is 40.5 Å². The number of nitrogens with zero attached hydrogens (tertiary/aromatic N) is 1. The number of H-pyrrole nitrogens is 1. The number of halogens is 1. The van der Waals surface area contributed by atoms with Crippen LogP contribution in [0.3, 0.4) is 0 Å². The van der Waals surface area contributed by atoms with Crippen LogP contribution in [0.5, 0.6) is 0 Å². The predicted molar refractivity (Wildman–Crippen MR) is 85.0 cm³/mol. The molecule has 112 valence electrons. The fraction of sp³-hybridized carbons (Fsp3) is 0.438. The molecule has 0 bridgehead atoms. The maximum atomic E-state index is 12.1. The first-order valence-corrected chi connectivity index (χ1v) is 7.72. The minimum absolute atomic E-state index is 0.0925. The van der Waals surface area contributed by atoms with Crippen molar-refractivity contribution in [2.75, 3.05) is 19.7 Å². The number of aliphatic hydroxyl groups excluding tert-OH is 1. The summed E-state index contributed by atoms with van der Waals surface area (Å²) in [6, 6.07) is 7.60. The molecular weight excluding hydrogens is 288 g/mol. The van der Waals surface area contributed by atoms with Gasteiger partial charge in [0.1, 0.15) is 0 Å². The van der Waals surface area contributed by atoms with Crippen molar-refractivity contribution in [2.24, 2.45) is 0 Å². The van der Waals surface area contributed by atoms with E-state index in [9.17, 15) is 9.90 Å². The SMILES string of the molecule is O=c1[nH]c(CCN2CCCC2CO)cc2c(Cl)cccc12.